The monoisotopic (exact) mass is 255 g/mol. The zero-order valence-electron chi connectivity index (χ0n) is 13.2. The van der Waals surface area contributed by atoms with Gasteiger partial charge in [0.25, 0.3) is 0 Å². The van der Waals surface area contributed by atoms with Crippen LogP contribution in [0.5, 0.6) is 0 Å². The summed E-state index contributed by atoms with van der Waals surface area (Å²) in [5, 5.41) is 0. The number of rotatable bonds is 10. The maximum atomic E-state index is 12.5. The van der Waals surface area contributed by atoms with E-state index in [2.05, 4.69) is 39.5 Å². The van der Waals surface area contributed by atoms with E-state index in [0.29, 0.717) is 5.91 Å². The Labute approximate surface area is 114 Å². The van der Waals surface area contributed by atoms with Crippen LogP contribution in [0.15, 0.2) is 0 Å². The van der Waals surface area contributed by atoms with Crippen molar-refractivity contribution in [1.29, 1.82) is 0 Å². The molecule has 0 spiro atoms. The lowest BCUT2D eigenvalue weighted by atomic mass is 9.88. The highest BCUT2D eigenvalue weighted by molar-refractivity contribution is 5.81. The molecular formula is C16H33NO. The minimum Gasteiger partial charge on any atom is -0.342 e. The number of carbonyl (C=O) groups excluding carboxylic acids is 1. The molecule has 0 radical (unpaired) electrons. The van der Waals surface area contributed by atoms with E-state index in [1.165, 1.54) is 25.7 Å². The Morgan fingerprint density at radius 2 is 1.33 bits per heavy atom. The Hall–Kier alpha value is -0.530. The zero-order chi connectivity index (χ0) is 14.0. The van der Waals surface area contributed by atoms with Gasteiger partial charge in [0.15, 0.2) is 0 Å². The molecule has 108 valence electrons. The van der Waals surface area contributed by atoms with E-state index in [0.717, 1.165) is 32.4 Å². The molecule has 0 heterocycles. The summed E-state index contributed by atoms with van der Waals surface area (Å²) < 4.78 is 0. The Bertz CT molecular complexity index is 213. The van der Waals surface area contributed by atoms with Gasteiger partial charge >= 0.3 is 0 Å². The average molecular weight is 255 g/mol. The first-order valence-corrected chi connectivity index (χ1v) is 7.79. The van der Waals surface area contributed by atoms with Crippen molar-refractivity contribution < 1.29 is 4.79 Å². The van der Waals surface area contributed by atoms with Crippen LogP contribution in [0.2, 0.25) is 0 Å². The fraction of sp³-hybridized carbons (Fsp3) is 0.938. The van der Waals surface area contributed by atoms with E-state index in [9.17, 15) is 4.79 Å². The average Bonchev–Trinajstić information content (AvgIpc) is 2.36. The third kappa shape index (κ3) is 6.42. The van der Waals surface area contributed by atoms with Crippen LogP contribution in [0, 0.1) is 5.41 Å². The van der Waals surface area contributed by atoms with E-state index in [1.807, 2.05) is 0 Å². The smallest absolute Gasteiger partial charge is 0.228 e. The van der Waals surface area contributed by atoms with Gasteiger partial charge < -0.3 is 4.90 Å². The molecule has 2 heteroatoms. The quantitative estimate of drug-likeness (QED) is 0.521. The van der Waals surface area contributed by atoms with Gasteiger partial charge in [0.05, 0.1) is 0 Å². The van der Waals surface area contributed by atoms with Gasteiger partial charge in [-0.25, -0.2) is 0 Å². The van der Waals surface area contributed by atoms with Crippen molar-refractivity contribution in [2.45, 2.75) is 79.6 Å². The number of hydrogen-bond donors (Lipinski definition) is 0. The number of carbonyl (C=O) groups is 1. The van der Waals surface area contributed by atoms with E-state index < -0.39 is 0 Å². The summed E-state index contributed by atoms with van der Waals surface area (Å²) >= 11 is 0. The largest absolute Gasteiger partial charge is 0.342 e. The second-order valence-corrected chi connectivity index (χ2v) is 5.94. The van der Waals surface area contributed by atoms with E-state index in [-0.39, 0.29) is 5.41 Å². The highest BCUT2D eigenvalue weighted by Crippen LogP contribution is 2.23. The molecule has 1 amide bonds. The Morgan fingerprint density at radius 3 is 1.67 bits per heavy atom. The van der Waals surface area contributed by atoms with Crippen molar-refractivity contribution in [2.24, 2.45) is 5.41 Å². The van der Waals surface area contributed by atoms with Crippen LogP contribution >= 0.6 is 0 Å². The van der Waals surface area contributed by atoms with Gasteiger partial charge in [-0.15, -0.1) is 0 Å². The number of unbranched alkanes of at least 4 members (excludes halogenated alkanes) is 4. The first kappa shape index (κ1) is 17.5. The first-order valence-electron chi connectivity index (χ1n) is 7.79. The van der Waals surface area contributed by atoms with Crippen LogP contribution < -0.4 is 0 Å². The molecular weight excluding hydrogens is 222 g/mol. The summed E-state index contributed by atoms with van der Waals surface area (Å²) in [6.07, 6.45) is 8.10. The third-order valence-corrected chi connectivity index (χ3v) is 3.81. The molecule has 0 saturated carbocycles. The van der Waals surface area contributed by atoms with Crippen molar-refractivity contribution >= 4 is 5.91 Å². The molecule has 0 N–H and O–H groups in total. The predicted octanol–water partition coefficient (Wildman–Crippen LogP) is 4.63. The topological polar surface area (TPSA) is 20.3 Å². The number of amides is 1. The Kier molecular flexibility index (Phi) is 9.13. The highest BCUT2D eigenvalue weighted by atomic mass is 16.2. The van der Waals surface area contributed by atoms with Gasteiger partial charge in [-0.05, 0) is 19.3 Å². The minimum atomic E-state index is -0.196. The van der Waals surface area contributed by atoms with Crippen LogP contribution in [-0.4, -0.2) is 23.9 Å². The summed E-state index contributed by atoms with van der Waals surface area (Å²) in [6, 6.07) is 0. The van der Waals surface area contributed by atoms with Crippen molar-refractivity contribution in [3.8, 4) is 0 Å². The summed E-state index contributed by atoms with van der Waals surface area (Å²) in [7, 11) is 0. The van der Waals surface area contributed by atoms with Crippen molar-refractivity contribution in [2.75, 3.05) is 13.1 Å². The molecule has 0 aliphatic rings. The van der Waals surface area contributed by atoms with Gasteiger partial charge in [-0.2, -0.15) is 0 Å². The third-order valence-electron chi connectivity index (χ3n) is 3.81. The lowest BCUT2D eigenvalue weighted by molar-refractivity contribution is -0.140. The summed E-state index contributed by atoms with van der Waals surface area (Å²) in [6.45, 7) is 12.6. The first-order chi connectivity index (χ1) is 8.49. The van der Waals surface area contributed by atoms with Crippen molar-refractivity contribution in [3.63, 3.8) is 0 Å². The molecule has 0 aliphatic carbocycles. The molecule has 2 nitrogen and oxygen atoms in total. The maximum absolute atomic E-state index is 12.5. The van der Waals surface area contributed by atoms with Gasteiger partial charge in [0, 0.05) is 18.5 Å². The molecule has 0 aromatic carbocycles. The van der Waals surface area contributed by atoms with Crippen molar-refractivity contribution in [3.05, 3.63) is 0 Å². The summed E-state index contributed by atoms with van der Waals surface area (Å²) in [4.78, 5) is 14.6. The molecule has 0 aromatic rings. The van der Waals surface area contributed by atoms with Gasteiger partial charge in [-0.3, -0.25) is 4.79 Å². The lowest BCUT2D eigenvalue weighted by Gasteiger charge is -2.31. The lowest BCUT2D eigenvalue weighted by Crippen LogP contribution is -2.41. The standard InChI is InChI=1S/C16H33NO/c1-6-9-11-13-17(14-12-10-7-2)15(18)16(4,5)8-3/h6-14H2,1-5H3. The normalized spacial score (nSPS) is 11.6. The zero-order valence-corrected chi connectivity index (χ0v) is 13.2. The maximum Gasteiger partial charge on any atom is 0.228 e. The number of hydrogen-bond acceptors (Lipinski definition) is 1. The van der Waals surface area contributed by atoms with Crippen molar-refractivity contribution in [1.82, 2.24) is 4.90 Å². The van der Waals surface area contributed by atoms with Gasteiger partial charge in [0.1, 0.15) is 0 Å². The van der Waals surface area contributed by atoms with Crippen LogP contribution in [0.3, 0.4) is 0 Å². The fourth-order valence-corrected chi connectivity index (χ4v) is 2.00. The van der Waals surface area contributed by atoms with Crippen LogP contribution in [0.25, 0.3) is 0 Å². The molecule has 0 rings (SSSR count). The number of nitrogens with zero attached hydrogens (tertiary/aromatic N) is 1. The highest BCUT2D eigenvalue weighted by Gasteiger charge is 2.29. The van der Waals surface area contributed by atoms with Gasteiger partial charge in [0.2, 0.25) is 5.91 Å². The fourth-order valence-electron chi connectivity index (χ4n) is 2.00. The van der Waals surface area contributed by atoms with E-state index in [1.54, 1.807) is 0 Å². The van der Waals surface area contributed by atoms with Gasteiger partial charge in [-0.1, -0.05) is 60.3 Å². The second-order valence-electron chi connectivity index (χ2n) is 5.94. The van der Waals surface area contributed by atoms with Crippen LogP contribution in [0.4, 0.5) is 0 Å². The van der Waals surface area contributed by atoms with Crippen LogP contribution in [0.1, 0.15) is 79.6 Å². The molecule has 0 saturated heterocycles. The summed E-state index contributed by atoms with van der Waals surface area (Å²) in [5.74, 6) is 0.345. The summed E-state index contributed by atoms with van der Waals surface area (Å²) in [5.41, 5.74) is -0.196. The van der Waals surface area contributed by atoms with E-state index >= 15 is 0 Å². The predicted molar refractivity (Wildman–Crippen MR) is 79.7 cm³/mol. The SMILES string of the molecule is CCCCCN(CCCCC)C(=O)C(C)(C)CC. The molecule has 0 unspecified atom stereocenters. The Balaban J connectivity index is 4.38. The molecule has 0 bridgehead atoms. The molecule has 0 aliphatic heterocycles. The minimum absolute atomic E-state index is 0.196. The molecule has 0 fully saturated rings. The second kappa shape index (κ2) is 9.41. The molecule has 18 heavy (non-hydrogen) atoms. The molecule has 0 aromatic heterocycles. The van der Waals surface area contributed by atoms with Crippen LogP contribution in [-0.2, 0) is 4.79 Å². The Morgan fingerprint density at radius 1 is 0.889 bits per heavy atom. The van der Waals surface area contributed by atoms with E-state index in [4.69, 9.17) is 0 Å². The molecule has 0 atom stereocenters.